The summed E-state index contributed by atoms with van der Waals surface area (Å²) in [5.41, 5.74) is 1.07. The molecule has 1 nitrogen and oxygen atoms in total. The molecule has 0 radical (unpaired) electrons. The molecule has 1 aromatic carbocycles. The second kappa shape index (κ2) is 8.55. The Morgan fingerprint density at radius 1 is 1.09 bits per heavy atom. The van der Waals surface area contributed by atoms with Crippen LogP contribution in [-0.2, 0) is 4.43 Å². The van der Waals surface area contributed by atoms with Gasteiger partial charge in [-0.2, -0.15) is 0 Å². The molecular formula is C20H32OSi. The quantitative estimate of drug-likeness (QED) is 0.355. The molecule has 0 spiro atoms. The third kappa shape index (κ3) is 6.38. The van der Waals surface area contributed by atoms with Gasteiger partial charge in [0, 0.05) is 5.56 Å². The van der Waals surface area contributed by atoms with Crippen LogP contribution in [0.2, 0.25) is 18.1 Å². The van der Waals surface area contributed by atoms with Crippen molar-refractivity contribution < 1.29 is 4.43 Å². The zero-order valence-corrected chi connectivity index (χ0v) is 16.2. The Balaban J connectivity index is 2.83. The van der Waals surface area contributed by atoms with Gasteiger partial charge in [0.1, 0.15) is 6.10 Å². The molecule has 1 unspecified atom stereocenters. The van der Waals surface area contributed by atoms with E-state index in [0.717, 1.165) is 12.0 Å². The Morgan fingerprint density at radius 3 is 2.27 bits per heavy atom. The molecule has 0 aliphatic rings. The molecule has 0 N–H and O–H groups in total. The van der Waals surface area contributed by atoms with E-state index < -0.39 is 8.32 Å². The number of unbranched alkanes of at least 4 members (excludes halogenated alkanes) is 2. The van der Waals surface area contributed by atoms with Gasteiger partial charge in [-0.1, -0.05) is 70.6 Å². The van der Waals surface area contributed by atoms with E-state index in [-0.39, 0.29) is 11.1 Å². The molecule has 0 aliphatic heterocycles. The van der Waals surface area contributed by atoms with Gasteiger partial charge in [-0.05, 0) is 43.1 Å². The first-order valence-electron chi connectivity index (χ1n) is 8.50. The predicted molar refractivity (Wildman–Crippen MR) is 99.5 cm³/mol. The lowest BCUT2D eigenvalue weighted by atomic mass is 10.1. The summed E-state index contributed by atoms with van der Waals surface area (Å²) in [6.45, 7) is 13.7. The van der Waals surface area contributed by atoms with Crippen molar-refractivity contribution in [2.45, 2.75) is 77.6 Å². The highest BCUT2D eigenvalue weighted by Crippen LogP contribution is 2.37. The van der Waals surface area contributed by atoms with Gasteiger partial charge in [0.2, 0.25) is 0 Å². The first kappa shape index (κ1) is 19.0. The van der Waals surface area contributed by atoms with Gasteiger partial charge in [-0.3, -0.25) is 0 Å². The second-order valence-corrected chi connectivity index (χ2v) is 12.3. The normalized spacial score (nSPS) is 13.4. The number of hydrogen-bond acceptors (Lipinski definition) is 1. The molecule has 0 saturated heterocycles. The molecule has 22 heavy (non-hydrogen) atoms. The van der Waals surface area contributed by atoms with Gasteiger partial charge in [0.25, 0.3) is 0 Å². The van der Waals surface area contributed by atoms with E-state index in [1.54, 1.807) is 0 Å². The minimum absolute atomic E-state index is 0.0626. The maximum absolute atomic E-state index is 6.54. The van der Waals surface area contributed by atoms with Crippen molar-refractivity contribution in [1.82, 2.24) is 0 Å². The van der Waals surface area contributed by atoms with Crippen molar-refractivity contribution in [2.24, 2.45) is 0 Å². The van der Waals surface area contributed by atoms with Crippen LogP contribution in [0.1, 0.15) is 58.9 Å². The van der Waals surface area contributed by atoms with Gasteiger partial charge in [-0.15, -0.1) is 0 Å². The van der Waals surface area contributed by atoms with E-state index in [1.165, 1.54) is 19.3 Å². The van der Waals surface area contributed by atoms with Crippen LogP contribution in [0.4, 0.5) is 0 Å². The monoisotopic (exact) mass is 316 g/mol. The topological polar surface area (TPSA) is 9.23 Å². The smallest absolute Gasteiger partial charge is 0.193 e. The third-order valence-corrected chi connectivity index (χ3v) is 8.95. The fourth-order valence-corrected chi connectivity index (χ4v) is 3.20. The van der Waals surface area contributed by atoms with Gasteiger partial charge in [-0.25, -0.2) is 0 Å². The molecular weight excluding hydrogens is 284 g/mol. The summed E-state index contributed by atoms with van der Waals surface area (Å²) >= 11 is 0. The number of hydrogen-bond donors (Lipinski definition) is 0. The third-order valence-electron chi connectivity index (χ3n) is 4.46. The molecule has 1 rings (SSSR count). The molecule has 0 amide bonds. The summed E-state index contributed by atoms with van der Waals surface area (Å²) in [6.07, 6.45) is 4.79. The van der Waals surface area contributed by atoms with Gasteiger partial charge in [0.05, 0.1) is 0 Å². The first-order valence-corrected chi connectivity index (χ1v) is 11.4. The lowest BCUT2D eigenvalue weighted by molar-refractivity contribution is 0.219. The summed E-state index contributed by atoms with van der Waals surface area (Å²) in [6, 6.07) is 10.2. The number of rotatable bonds is 6. The Morgan fingerprint density at radius 2 is 1.73 bits per heavy atom. The van der Waals surface area contributed by atoms with E-state index in [2.05, 4.69) is 64.8 Å². The van der Waals surface area contributed by atoms with E-state index in [4.69, 9.17) is 4.43 Å². The molecule has 0 aliphatic carbocycles. The van der Waals surface area contributed by atoms with E-state index >= 15 is 0 Å². The van der Waals surface area contributed by atoms with Crippen LogP contribution in [0.3, 0.4) is 0 Å². The minimum Gasteiger partial charge on any atom is -0.403 e. The summed E-state index contributed by atoms with van der Waals surface area (Å²) in [5, 5.41) is 0.227. The average Bonchev–Trinajstić information content (AvgIpc) is 2.44. The molecule has 122 valence electrons. The van der Waals surface area contributed by atoms with Crippen molar-refractivity contribution in [3.8, 4) is 11.8 Å². The Hall–Kier alpha value is -1.04. The summed E-state index contributed by atoms with van der Waals surface area (Å²) in [4.78, 5) is 0. The SMILES string of the molecule is CCCCCC(C#Cc1ccccc1)O[Si](C)(C)C(C)(C)C. The fraction of sp³-hybridized carbons (Fsp3) is 0.600. The van der Waals surface area contributed by atoms with Gasteiger partial charge >= 0.3 is 0 Å². The zero-order valence-electron chi connectivity index (χ0n) is 15.2. The molecule has 1 atom stereocenters. The van der Waals surface area contributed by atoms with Crippen LogP contribution in [0, 0.1) is 11.8 Å². The van der Waals surface area contributed by atoms with E-state index in [9.17, 15) is 0 Å². The van der Waals surface area contributed by atoms with Crippen molar-refractivity contribution in [2.75, 3.05) is 0 Å². The molecule has 0 aromatic heterocycles. The zero-order chi connectivity index (χ0) is 16.6. The molecule has 0 saturated carbocycles. The van der Waals surface area contributed by atoms with Crippen LogP contribution in [-0.4, -0.2) is 14.4 Å². The predicted octanol–water partition coefficient (Wildman–Crippen LogP) is 6.01. The second-order valence-electron chi connectivity index (χ2n) is 7.50. The van der Waals surface area contributed by atoms with Crippen LogP contribution < -0.4 is 0 Å². The highest BCUT2D eigenvalue weighted by atomic mass is 28.4. The van der Waals surface area contributed by atoms with Crippen molar-refractivity contribution >= 4 is 8.32 Å². The number of benzene rings is 1. The van der Waals surface area contributed by atoms with Crippen molar-refractivity contribution in [1.29, 1.82) is 0 Å². The summed E-state index contributed by atoms with van der Waals surface area (Å²) < 4.78 is 6.54. The highest BCUT2D eigenvalue weighted by molar-refractivity contribution is 6.74. The molecule has 2 heteroatoms. The highest BCUT2D eigenvalue weighted by Gasteiger charge is 2.38. The largest absolute Gasteiger partial charge is 0.403 e. The lowest BCUT2D eigenvalue weighted by Crippen LogP contribution is -2.43. The van der Waals surface area contributed by atoms with E-state index in [0.29, 0.717) is 0 Å². The van der Waals surface area contributed by atoms with Gasteiger partial charge in [0.15, 0.2) is 8.32 Å². The standard InChI is InChI=1S/C20H32OSi/c1-7-8-10-15-19(21-22(5,6)20(2,3)4)17-16-18-13-11-9-12-14-18/h9,11-14,19H,7-8,10,15H2,1-6H3. The minimum atomic E-state index is -1.77. The fourth-order valence-electron chi connectivity index (χ4n) is 1.96. The average molecular weight is 317 g/mol. The maximum atomic E-state index is 6.54. The lowest BCUT2D eigenvalue weighted by Gasteiger charge is -2.38. The van der Waals surface area contributed by atoms with Gasteiger partial charge < -0.3 is 4.43 Å². The molecule has 0 bridgehead atoms. The Kier molecular flexibility index (Phi) is 7.39. The summed E-state index contributed by atoms with van der Waals surface area (Å²) in [7, 11) is -1.77. The van der Waals surface area contributed by atoms with Crippen LogP contribution in [0.5, 0.6) is 0 Å². The van der Waals surface area contributed by atoms with Crippen molar-refractivity contribution in [3.63, 3.8) is 0 Å². The maximum Gasteiger partial charge on any atom is 0.193 e. The first-order chi connectivity index (χ1) is 10.3. The summed E-state index contributed by atoms with van der Waals surface area (Å²) in [5.74, 6) is 6.68. The Bertz CT molecular complexity index is 488. The Labute approximate surface area is 138 Å². The molecule has 0 heterocycles. The molecule has 0 fully saturated rings. The molecule has 1 aromatic rings. The van der Waals surface area contributed by atoms with E-state index in [1.807, 2.05) is 18.2 Å². The van der Waals surface area contributed by atoms with Crippen LogP contribution >= 0.6 is 0 Å². The van der Waals surface area contributed by atoms with Crippen LogP contribution in [0.15, 0.2) is 30.3 Å². The van der Waals surface area contributed by atoms with Crippen LogP contribution in [0.25, 0.3) is 0 Å². The van der Waals surface area contributed by atoms with Crippen molar-refractivity contribution in [3.05, 3.63) is 35.9 Å².